The van der Waals surface area contributed by atoms with E-state index in [9.17, 15) is 9.90 Å². The summed E-state index contributed by atoms with van der Waals surface area (Å²) in [6.45, 7) is 9.66. The molecule has 0 saturated heterocycles. The van der Waals surface area contributed by atoms with Crippen molar-refractivity contribution in [2.24, 2.45) is 0 Å². The lowest BCUT2D eigenvalue weighted by molar-refractivity contribution is -0.00209. The Morgan fingerprint density at radius 2 is 1.41 bits per heavy atom. The van der Waals surface area contributed by atoms with Gasteiger partial charge in [0.05, 0.1) is 13.2 Å². The number of hydrogen-bond acceptors (Lipinski definition) is 5. The fraction of sp³-hybridized carbons (Fsp3) is 0.955. The van der Waals surface area contributed by atoms with Crippen molar-refractivity contribution in [3.8, 4) is 0 Å². The van der Waals surface area contributed by atoms with E-state index in [1.165, 1.54) is 51.4 Å². The standard InChI is InChI=1S/C22H45NO4/c1-4-7-8-9-10-11-12-13-14-15-17-21(20-24)27-22(25)26-19-16-18-23(5-2)6-3/h21,24H,4-20H2,1-3H3. The van der Waals surface area contributed by atoms with E-state index in [0.29, 0.717) is 13.0 Å². The highest BCUT2D eigenvalue weighted by atomic mass is 16.7. The molecule has 0 aromatic rings. The number of ether oxygens (including phenoxy) is 2. The quantitative estimate of drug-likeness (QED) is 0.233. The summed E-state index contributed by atoms with van der Waals surface area (Å²) in [5, 5.41) is 9.39. The fourth-order valence-electron chi connectivity index (χ4n) is 3.20. The van der Waals surface area contributed by atoms with Crippen LogP contribution in [0.5, 0.6) is 0 Å². The fourth-order valence-corrected chi connectivity index (χ4v) is 3.20. The summed E-state index contributed by atoms with van der Waals surface area (Å²) in [6, 6.07) is 0. The smallest absolute Gasteiger partial charge is 0.434 e. The van der Waals surface area contributed by atoms with Gasteiger partial charge in [0.15, 0.2) is 0 Å². The zero-order valence-electron chi connectivity index (χ0n) is 18.2. The van der Waals surface area contributed by atoms with Gasteiger partial charge in [-0.15, -0.1) is 0 Å². The molecule has 0 aliphatic rings. The molecule has 0 radical (unpaired) electrons. The normalized spacial score (nSPS) is 12.3. The van der Waals surface area contributed by atoms with Crippen LogP contribution in [0.3, 0.4) is 0 Å². The predicted octanol–water partition coefficient (Wildman–Crippen LogP) is 5.54. The van der Waals surface area contributed by atoms with Crippen LogP contribution in [0.15, 0.2) is 0 Å². The SMILES string of the molecule is CCCCCCCCCCCCC(CO)OC(=O)OCCCN(CC)CC. The first-order chi connectivity index (χ1) is 13.2. The lowest BCUT2D eigenvalue weighted by Crippen LogP contribution is -2.26. The van der Waals surface area contributed by atoms with Gasteiger partial charge in [0.1, 0.15) is 6.10 Å². The van der Waals surface area contributed by atoms with Crippen molar-refractivity contribution < 1.29 is 19.4 Å². The Labute approximate surface area is 167 Å². The third kappa shape index (κ3) is 17.0. The molecular formula is C22H45NO4. The predicted molar refractivity (Wildman–Crippen MR) is 112 cm³/mol. The summed E-state index contributed by atoms with van der Waals surface area (Å²) in [4.78, 5) is 14.0. The minimum atomic E-state index is -0.652. The summed E-state index contributed by atoms with van der Waals surface area (Å²) in [6.07, 6.45) is 13.1. The molecule has 0 spiro atoms. The van der Waals surface area contributed by atoms with Crippen molar-refractivity contribution in [3.63, 3.8) is 0 Å². The minimum Gasteiger partial charge on any atom is -0.434 e. The lowest BCUT2D eigenvalue weighted by Gasteiger charge is -2.18. The topological polar surface area (TPSA) is 59.0 Å². The number of carbonyl (C=O) groups is 1. The van der Waals surface area contributed by atoms with Crippen LogP contribution in [0, 0.1) is 0 Å². The molecule has 0 saturated carbocycles. The molecule has 0 amide bonds. The maximum Gasteiger partial charge on any atom is 0.508 e. The van der Waals surface area contributed by atoms with Crippen molar-refractivity contribution in [3.05, 3.63) is 0 Å². The van der Waals surface area contributed by atoms with Gasteiger partial charge in [-0.25, -0.2) is 4.79 Å². The van der Waals surface area contributed by atoms with Gasteiger partial charge in [0, 0.05) is 6.54 Å². The van der Waals surface area contributed by atoms with Gasteiger partial charge in [-0.2, -0.15) is 0 Å². The van der Waals surface area contributed by atoms with Crippen LogP contribution in [0.25, 0.3) is 0 Å². The number of nitrogens with zero attached hydrogens (tertiary/aromatic N) is 1. The Morgan fingerprint density at radius 1 is 0.852 bits per heavy atom. The zero-order valence-corrected chi connectivity index (χ0v) is 18.2. The molecule has 0 heterocycles. The first-order valence-corrected chi connectivity index (χ1v) is 11.3. The highest BCUT2D eigenvalue weighted by Gasteiger charge is 2.14. The van der Waals surface area contributed by atoms with Crippen LogP contribution in [-0.4, -0.2) is 55.1 Å². The molecule has 27 heavy (non-hydrogen) atoms. The van der Waals surface area contributed by atoms with Crippen LogP contribution in [0.1, 0.15) is 97.8 Å². The summed E-state index contributed by atoms with van der Waals surface area (Å²) >= 11 is 0. The molecule has 0 aliphatic carbocycles. The average Bonchev–Trinajstić information content (AvgIpc) is 2.68. The number of aliphatic hydroxyl groups excluding tert-OH is 1. The highest BCUT2D eigenvalue weighted by molar-refractivity contribution is 5.60. The Balaban J connectivity index is 3.58. The monoisotopic (exact) mass is 387 g/mol. The van der Waals surface area contributed by atoms with Gasteiger partial charge in [-0.1, -0.05) is 78.6 Å². The molecule has 1 unspecified atom stereocenters. The number of rotatable bonds is 19. The van der Waals surface area contributed by atoms with Gasteiger partial charge in [0.2, 0.25) is 0 Å². The summed E-state index contributed by atoms with van der Waals surface area (Å²) in [5.41, 5.74) is 0. The number of unbranched alkanes of at least 4 members (excludes halogenated alkanes) is 9. The Morgan fingerprint density at radius 3 is 1.93 bits per heavy atom. The molecule has 5 heteroatoms. The van der Waals surface area contributed by atoms with Crippen molar-refractivity contribution >= 4 is 6.16 Å². The maximum absolute atomic E-state index is 11.7. The van der Waals surface area contributed by atoms with Crippen LogP contribution in [-0.2, 0) is 9.47 Å². The van der Waals surface area contributed by atoms with E-state index in [1.807, 2.05) is 0 Å². The molecular weight excluding hydrogens is 342 g/mol. The second-order valence-corrected chi connectivity index (χ2v) is 7.37. The van der Waals surface area contributed by atoms with Crippen LogP contribution in [0.4, 0.5) is 4.79 Å². The molecule has 0 aromatic carbocycles. The third-order valence-electron chi connectivity index (χ3n) is 5.08. The summed E-state index contributed by atoms with van der Waals surface area (Å²) < 4.78 is 10.3. The first kappa shape index (κ1) is 26.2. The zero-order chi connectivity index (χ0) is 20.2. The van der Waals surface area contributed by atoms with E-state index < -0.39 is 12.3 Å². The van der Waals surface area contributed by atoms with Crippen molar-refractivity contribution in [2.75, 3.05) is 32.8 Å². The van der Waals surface area contributed by atoms with E-state index in [1.54, 1.807) is 0 Å². The van der Waals surface area contributed by atoms with E-state index in [-0.39, 0.29) is 6.61 Å². The van der Waals surface area contributed by atoms with Crippen molar-refractivity contribution in [2.45, 2.75) is 104 Å². The summed E-state index contributed by atoms with van der Waals surface area (Å²) in [5.74, 6) is 0. The first-order valence-electron chi connectivity index (χ1n) is 11.3. The van der Waals surface area contributed by atoms with Crippen LogP contribution >= 0.6 is 0 Å². The number of hydrogen-bond donors (Lipinski definition) is 1. The van der Waals surface area contributed by atoms with Gasteiger partial charge in [0.25, 0.3) is 0 Å². The molecule has 0 rings (SSSR count). The maximum atomic E-state index is 11.7. The molecule has 0 fully saturated rings. The van der Waals surface area contributed by atoms with Crippen LogP contribution < -0.4 is 0 Å². The molecule has 162 valence electrons. The van der Waals surface area contributed by atoms with E-state index in [4.69, 9.17) is 9.47 Å². The van der Waals surface area contributed by atoms with Gasteiger partial charge >= 0.3 is 6.16 Å². The molecule has 0 aliphatic heterocycles. The van der Waals surface area contributed by atoms with Crippen LogP contribution in [0.2, 0.25) is 0 Å². The largest absolute Gasteiger partial charge is 0.508 e. The van der Waals surface area contributed by atoms with E-state index in [2.05, 4.69) is 25.7 Å². The molecule has 1 atom stereocenters. The molecule has 0 aromatic heterocycles. The van der Waals surface area contributed by atoms with Gasteiger partial charge in [-0.05, 0) is 32.4 Å². The number of carbonyl (C=O) groups excluding carboxylic acids is 1. The van der Waals surface area contributed by atoms with Gasteiger partial charge in [-0.3, -0.25) is 0 Å². The molecule has 1 N–H and O–H groups in total. The Kier molecular flexibility index (Phi) is 19.3. The summed E-state index contributed by atoms with van der Waals surface area (Å²) in [7, 11) is 0. The van der Waals surface area contributed by atoms with Gasteiger partial charge < -0.3 is 19.5 Å². The highest BCUT2D eigenvalue weighted by Crippen LogP contribution is 2.13. The second-order valence-electron chi connectivity index (χ2n) is 7.37. The average molecular weight is 388 g/mol. The molecule has 5 nitrogen and oxygen atoms in total. The third-order valence-corrected chi connectivity index (χ3v) is 5.08. The van der Waals surface area contributed by atoms with Crippen molar-refractivity contribution in [1.29, 1.82) is 0 Å². The van der Waals surface area contributed by atoms with E-state index in [0.717, 1.165) is 38.9 Å². The van der Waals surface area contributed by atoms with Crippen molar-refractivity contribution in [1.82, 2.24) is 4.90 Å². The second kappa shape index (κ2) is 19.9. The Hall–Kier alpha value is -0.810. The lowest BCUT2D eigenvalue weighted by atomic mass is 10.0. The Bertz CT molecular complexity index is 321. The number of aliphatic hydroxyl groups is 1. The minimum absolute atomic E-state index is 0.133. The molecule has 0 bridgehead atoms. The van der Waals surface area contributed by atoms with E-state index >= 15 is 0 Å².